The Kier molecular flexibility index (Phi) is 17.3. The van der Waals surface area contributed by atoms with Crippen LogP contribution in [-0.4, -0.2) is 145 Å². The van der Waals surface area contributed by atoms with Gasteiger partial charge in [0, 0.05) is 119 Å². The molecule has 0 spiro atoms. The molecule has 4 aromatic heterocycles. The van der Waals surface area contributed by atoms with E-state index in [0.29, 0.717) is 132 Å². The molecular formula is C87H74N14O9S. The molecule has 12 heterocycles. The topological polar surface area (TPSA) is 320 Å². The summed E-state index contributed by atoms with van der Waals surface area (Å²) in [5.74, 6) is 0.507. The number of fused-ring (bicyclic) bond motifs is 12. The molecule has 111 heavy (non-hydrogen) atoms. The van der Waals surface area contributed by atoms with Crippen LogP contribution in [0.5, 0.6) is 0 Å². The Morgan fingerprint density at radius 1 is 0.396 bits per heavy atom. The fraction of sp³-hybridized carbons (Fsp3) is 0.241. The molecule has 8 aliphatic heterocycles. The maximum Gasteiger partial charge on any atom is 0.204 e. The van der Waals surface area contributed by atoms with Gasteiger partial charge in [-0.3, -0.25) is 29.1 Å². The van der Waals surface area contributed by atoms with Gasteiger partial charge in [-0.05, 0) is 246 Å². The molecule has 24 heteroatoms. The molecule has 5 N–H and O–H groups in total. The average Bonchev–Trinajstić information content (AvgIpc) is 1.63. The quantitative estimate of drug-likeness (QED) is 0.107. The number of rotatable bonds is 5. The van der Waals surface area contributed by atoms with Crippen molar-refractivity contribution in [3.8, 4) is 6.07 Å². The molecule has 0 unspecified atom stereocenters. The standard InChI is InChI=1S/C23H18N4O2.C23H21N3O2.C22H19N3O3.C19H16N4O2S/c1-13-9-18-20(10-14(13)2)26-22-23(29,21(18)28)7-8-27(22)17-5-6-19-15(11-17)3-4-16(12-24)25-19;1-13-10-18-20(11-14(13)2)25-22-23(28,21(18)27)8-9-26(22)17-6-7-19-16(12-17)5-4-15(3)24-19;1-13-2-6-19-17(10-13)20(27)22(28)8-9-25(21(22)24-19)16-5-7-18-14(11-16)3-4-15(12-26)23-18;1-10-7-13-15(8-11(10)2)20-18-19(25,17(13)24)5-6-23(18)12-3-4-14-16(9-12)26-22-21-14/h3-6,9-11,29H,7-8H2,1-2H3;4-7,10-12,28H,8-9H2,1-3H3;2-7,10-11,26,28H,8-9,12H2,1H3;3-4,7-9,25H,5-6H2,1-2H3/t2*23-;22-;19-/m1111/s1. The lowest BCUT2D eigenvalue weighted by atomic mass is 9.86. The number of hydrogen-bond donors (Lipinski definition) is 5. The van der Waals surface area contributed by atoms with Crippen molar-refractivity contribution in [1.29, 1.82) is 5.26 Å². The van der Waals surface area contributed by atoms with Crippen LogP contribution in [0.1, 0.15) is 123 Å². The number of aromatic nitrogens is 5. The summed E-state index contributed by atoms with van der Waals surface area (Å²) in [5.41, 5.74) is 14.1. The highest BCUT2D eigenvalue weighted by Gasteiger charge is 2.56. The van der Waals surface area contributed by atoms with E-state index in [1.807, 2.05) is 227 Å². The fourth-order valence-electron chi connectivity index (χ4n) is 15.9. The van der Waals surface area contributed by atoms with Gasteiger partial charge in [0.05, 0.1) is 56.3 Å². The Bertz CT molecular complexity index is 6280. The zero-order chi connectivity index (χ0) is 77.5. The number of aliphatic hydroxyl groups excluding tert-OH is 1. The van der Waals surface area contributed by atoms with Gasteiger partial charge in [0.2, 0.25) is 23.1 Å². The zero-order valence-electron chi connectivity index (χ0n) is 62.0. The molecule has 8 aliphatic rings. The van der Waals surface area contributed by atoms with Gasteiger partial charge < -0.3 is 45.1 Å². The lowest BCUT2D eigenvalue weighted by Crippen LogP contribution is -2.48. The molecule has 12 aromatic rings. The van der Waals surface area contributed by atoms with E-state index in [1.54, 1.807) is 18.2 Å². The molecule has 4 saturated heterocycles. The largest absolute Gasteiger partial charge is 0.390 e. The predicted molar refractivity (Wildman–Crippen MR) is 430 cm³/mol. The summed E-state index contributed by atoms with van der Waals surface area (Å²) in [6.45, 7) is 17.7. The van der Waals surface area contributed by atoms with Crippen LogP contribution in [0, 0.1) is 66.7 Å². The van der Waals surface area contributed by atoms with Crippen molar-refractivity contribution in [2.24, 2.45) is 20.0 Å². The molecular weight excluding hydrogens is 1420 g/mol. The maximum absolute atomic E-state index is 13.1. The SMILES string of the molecule is Cc1cc2c(cc1C)C(=O)[C@]1(O)CCN(c3ccc4nc(C#N)ccc4c3)C1=N2.Cc1cc2c(cc1C)C(=O)[C@]1(O)CCN(c3ccc4nnsc4c3)C1=N2.Cc1ccc2c(c1)C(=O)[C@]1(O)CCN(c3ccc4nc(CO)ccc4c3)C1=N2.Cc1ccc2cc(N3CC[C@@]4(O)C(=O)c5cc(C)c(C)cc5N=C34)ccc2n1. The fourth-order valence-corrected chi connectivity index (χ4v) is 16.5. The van der Waals surface area contributed by atoms with Crippen molar-refractivity contribution < 1.29 is 44.7 Å². The second kappa shape index (κ2) is 26.8. The first-order valence-electron chi connectivity index (χ1n) is 36.6. The second-order valence-electron chi connectivity index (χ2n) is 29.8. The number of ketones is 4. The van der Waals surface area contributed by atoms with Crippen molar-refractivity contribution in [2.75, 3.05) is 45.8 Å². The van der Waals surface area contributed by atoms with Gasteiger partial charge in [0.25, 0.3) is 0 Å². The van der Waals surface area contributed by atoms with Crippen LogP contribution >= 0.6 is 11.5 Å². The molecule has 0 radical (unpaired) electrons. The van der Waals surface area contributed by atoms with Crippen LogP contribution < -0.4 is 19.6 Å². The third kappa shape index (κ3) is 11.9. The number of anilines is 4. The number of aliphatic imine (C=N–C) groups is 4. The van der Waals surface area contributed by atoms with Crippen molar-refractivity contribution in [2.45, 2.75) is 110 Å². The van der Waals surface area contributed by atoms with E-state index in [2.05, 4.69) is 29.5 Å². The van der Waals surface area contributed by atoms with Crippen LogP contribution in [0.25, 0.3) is 42.9 Å². The van der Waals surface area contributed by atoms with Crippen LogP contribution in [-0.2, 0) is 6.61 Å². The molecule has 552 valence electrons. The summed E-state index contributed by atoms with van der Waals surface area (Å²) in [5, 5.41) is 69.9. The van der Waals surface area contributed by atoms with Crippen LogP contribution in [0.15, 0.2) is 184 Å². The lowest BCUT2D eigenvalue weighted by molar-refractivity contribution is 0.0600. The highest BCUT2D eigenvalue weighted by molar-refractivity contribution is 7.13. The maximum atomic E-state index is 13.1. The van der Waals surface area contributed by atoms with Crippen LogP contribution in [0.4, 0.5) is 45.5 Å². The van der Waals surface area contributed by atoms with Crippen molar-refractivity contribution in [3.63, 3.8) is 0 Å². The number of Topliss-reactive ketones (excluding diaryl/α,β-unsaturated/α-hetero) is 4. The molecule has 20 rings (SSSR count). The summed E-state index contributed by atoms with van der Waals surface area (Å²) in [6.07, 6.45) is 1.26. The number of hydrogen-bond acceptors (Lipinski definition) is 24. The number of carbonyl (C=O) groups is 4. The molecule has 0 saturated carbocycles. The van der Waals surface area contributed by atoms with E-state index in [9.17, 15) is 44.7 Å². The molecule has 0 amide bonds. The predicted octanol–water partition coefficient (Wildman–Crippen LogP) is 13.7. The highest BCUT2D eigenvalue weighted by Crippen LogP contribution is 2.46. The first kappa shape index (κ1) is 71.6. The van der Waals surface area contributed by atoms with Crippen molar-refractivity contribution >= 4 is 146 Å². The third-order valence-electron chi connectivity index (χ3n) is 22.6. The van der Waals surface area contributed by atoms with E-state index in [1.165, 1.54) is 11.5 Å². The van der Waals surface area contributed by atoms with Crippen LogP contribution in [0.2, 0.25) is 0 Å². The summed E-state index contributed by atoms with van der Waals surface area (Å²) in [6, 6.07) is 53.3. The van der Waals surface area contributed by atoms with Gasteiger partial charge in [-0.25, -0.2) is 25.0 Å². The Morgan fingerprint density at radius 3 is 1.20 bits per heavy atom. The van der Waals surface area contributed by atoms with E-state index in [0.717, 1.165) is 110 Å². The smallest absolute Gasteiger partial charge is 0.204 e. The lowest BCUT2D eigenvalue weighted by Gasteiger charge is -2.30. The first-order valence-corrected chi connectivity index (χ1v) is 37.4. The number of nitrogens with zero attached hydrogens (tertiary/aromatic N) is 14. The minimum Gasteiger partial charge on any atom is -0.390 e. The Balaban J connectivity index is 0.000000108. The third-order valence-corrected chi connectivity index (χ3v) is 23.3. The summed E-state index contributed by atoms with van der Waals surface area (Å²) in [4.78, 5) is 92.1. The summed E-state index contributed by atoms with van der Waals surface area (Å²) >= 11 is 1.32. The molecule has 0 aliphatic carbocycles. The number of carbonyl (C=O) groups excluding carboxylic acids is 4. The van der Waals surface area contributed by atoms with Gasteiger partial charge in [-0.2, -0.15) is 5.26 Å². The van der Waals surface area contributed by atoms with E-state index >= 15 is 0 Å². The molecule has 8 aromatic carbocycles. The highest BCUT2D eigenvalue weighted by atomic mass is 32.1. The normalized spacial score (nSPS) is 20.9. The average molecular weight is 1490 g/mol. The molecule has 4 fully saturated rings. The van der Waals surface area contributed by atoms with E-state index in [-0.39, 0.29) is 29.7 Å². The van der Waals surface area contributed by atoms with Crippen LogP contribution in [0.3, 0.4) is 0 Å². The van der Waals surface area contributed by atoms with Gasteiger partial charge in [-0.1, -0.05) is 28.3 Å². The first-order chi connectivity index (χ1) is 53.2. The minimum absolute atomic E-state index is 0.103. The monoisotopic (exact) mass is 1490 g/mol. The summed E-state index contributed by atoms with van der Waals surface area (Å²) < 4.78 is 4.93. The zero-order valence-corrected chi connectivity index (χ0v) is 62.8. The van der Waals surface area contributed by atoms with Crippen molar-refractivity contribution in [1.82, 2.24) is 24.5 Å². The van der Waals surface area contributed by atoms with E-state index in [4.69, 9.17) is 20.2 Å². The second-order valence-corrected chi connectivity index (χ2v) is 30.6. The minimum atomic E-state index is -1.60. The van der Waals surface area contributed by atoms with Gasteiger partial charge in [0.1, 0.15) is 40.6 Å². The number of amidine groups is 4. The van der Waals surface area contributed by atoms with Gasteiger partial charge in [0.15, 0.2) is 22.4 Å². The Morgan fingerprint density at radius 2 is 0.766 bits per heavy atom. The van der Waals surface area contributed by atoms with Gasteiger partial charge >= 0.3 is 0 Å². The number of pyridine rings is 3. The van der Waals surface area contributed by atoms with Gasteiger partial charge in [-0.15, -0.1) is 5.10 Å². The molecule has 23 nitrogen and oxygen atoms in total. The Hall–Kier alpha value is -12.3. The summed E-state index contributed by atoms with van der Waals surface area (Å²) in [7, 11) is 0. The van der Waals surface area contributed by atoms with E-state index < -0.39 is 22.4 Å². The number of aryl methyl sites for hydroxylation is 8. The Labute approximate surface area is 641 Å². The number of nitriles is 1. The van der Waals surface area contributed by atoms with Crippen molar-refractivity contribution in [3.05, 3.63) is 242 Å². The number of aliphatic hydroxyl groups is 5. The number of benzene rings is 8. The molecule has 4 atom stereocenters. The molecule has 0 bridgehead atoms.